The van der Waals surface area contributed by atoms with Crippen LogP contribution in [-0.2, 0) is 17.9 Å². The van der Waals surface area contributed by atoms with Gasteiger partial charge in [0, 0.05) is 11.4 Å². The van der Waals surface area contributed by atoms with E-state index in [4.69, 9.17) is 0 Å². The zero-order valence-electron chi connectivity index (χ0n) is 18.6. The van der Waals surface area contributed by atoms with Crippen LogP contribution in [0, 0.1) is 27.7 Å². The van der Waals surface area contributed by atoms with Crippen molar-refractivity contribution in [3.63, 3.8) is 0 Å². The number of fused-ring (bicyclic) bond motifs is 1. The molecule has 2 aromatic heterocycles. The normalized spacial score (nSPS) is 11.1. The molecule has 7 heteroatoms. The Kier molecular flexibility index (Phi) is 5.84. The monoisotopic (exact) mass is 447 g/mol. The number of nitrogens with zero attached hydrogens (tertiary/aromatic N) is 2. The maximum absolute atomic E-state index is 13.5. The Labute approximate surface area is 189 Å². The number of nitrogens with one attached hydrogen (secondary N) is 1. The largest absolute Gasteiger partial charge is 0.350 e. The summed E-state index contributed by atoms with van der Waals surface area (Å²) in [7, 11) is 0. The predicted octanol–water partition coefficient (Wildman–Crippen LogP) is 3.76. The molecular weight excluding hydrogens is 422 g/mol. The molecule has 0 aliphatic rings. The SMILES string of the molecule is Cc1ccc(-n2c(=O)c3c(C)c(C)sc3n(CC(=O)NCc3ccccc3)c2=O)cc1C. The van der Waals surface area contributed by atoms with E-state index in [1.54, 1.807) is 6.07 Å². The van der Waals surface area contributed by atoms with Crippen LogP contribution >= 0.6 is 11.3 Å². The van der Waals surface area contributed by atoms with Crippen molar-refractivity contribution in [1.82, 2.24) is 14.5 Å². The molecule has 1 amide bonds. The lowest BCUT2D eigenvalue weighted by Gasteiger charge is -2.13. The molecule has 0 radical (unpaired) electrons. The molecule has 0 spiro atoms. The molecule has 0 unspecified atom stereocenters. The van der Waals surface area contributed by atoms with Crippen LogP contribution < -0.4 is 16.6 Å². The summed E-state index contributed by atoms with van der Waals surface area (Å²) in [5, 5.41) is 3.36. The Morgan fingerprint density at radius 2 is 1.69 bits per heavy atom. The van der Waals surface area contributed by atoms with E-state index in [0.717, 1.165) is 27.1 Å². The van der Waals surface area contributed by atoms with Gasteiger partial charge >= 0.3 is 5.69 Å². The van der Waals surface area contributed by atoms with E-state index in [9.17, 15) is 14.4 Å². The molecule has 4 aromatic rings. The van der Waals surface area contributed by atoms with Crippen molar-refractivity contribution < 1.29 is 4.79 Å². The number of rotatable bonds is 5. The van der Waals surface area contributed by atoms with Gasteiger partial charge in [-0.05, 0) is 62.1 Å². The molecule has 164 valence electrons. The quantitative estimate of drug-likeness (QED) is 0.506. The van der Waals surface area contributed by atoms with E-state index in [1.807, 2.05) is 70.2 Å². The Bertz CT molecular complexity index is 1450. The molecular formula is C25H25N3O3S. The van der Waals surface area contributed by atoms with Crippen LogP contribution in [0.1, 0.15) is 27.1 Å². The summed E-state index contributed by atoms with van der Waals surface area (Å²) in [6, 6.07) is 15.1. The number of hydrogen-bond acceptors (Lipinski definition) is 4. The van der Waals surface area contributed by atoms with Gasteiger partial charge in [0.2, 0.25) is 5.91 Å². The van der Waals surface area contributed by atoms with Gasteiger partial charge in [-0.15, -0.1) is 11.3 Å². The van der Waals surface area contributed by atoms with Crippen molar-refractivity contribution in [3.8, 4) is 5.69 Å². The predicted molar refractivity (Wildman–Crippen MR) is 129 cm³/mol. The molecule has 2 aromatic carbocycles. The van der Waals surface area contributed by atoms with E-state index in [2.05, 4.69) is 5.32 Å². The molecule has 32 heavy (non-hydrogen) atoms. The van der Waals surface area contributed by atoms with Gasteiger partial charge in [-0.3, -0.25) is 14.2 Å². The van der Waals surface area contributed by atoms with Crippen LogP contribution in [0.5, 0.6) is 0 Å². The van der Waals surface area contributed by atoms with Crippen molar-refractivity contribution in [2.24, 2.45) is 0 Å². The van der Waals surface area contributed by atoms with E-state index < -0.39 is 5.69 Å². The molecule has 0 aliphatic carbocycles. The Morgan fingerprint density at radius 1 is 0.969 bits per heavy atom. The smallest absolute Gasteiger partial charge is 0.337 e. The first-order valence-corrected chi connectivity index (χ1v) is 11.2. The Morgan fingerprint density at radius 3 is 2.38 bits per heavy atom. The second-order valence-electron chi connectivity index (χ2n) is 8.00. The third kappa shape index (κ3) is 3.91. The van der Waals surface area contributed by atoms with E-state index in [-0.39, 0.29) is 18.0 Å². The van der Waals surface area contributed by atoms with Crippen LogP contribution in [0.2, 0.25) is 0 Å². The fourth-order valence-electron chi connectivity index (χ4n) is 3.69. The first-order chi connectivity index (χ1) is 15.3. The highest BCUT2D eigenvalue weighted by molar-refractivity contribution is 7.18. The minimum absolute atomic E-state index is 0.160. The molecule has 4 rings (SSSR count). The molecule has 0 bridgehead atoms. The lowest BCUT2D eigenvalue weighted by atomic mass is 10.1. The van der Waals surface area contributed by atoms with Gasteiger partial charge in [-0.25, -0.2) is 9.36 Å². The highest BCUT2D eigenvalue weighted by Gasteiger charge is 2.21. The second-order valence-corrected chi connectivity index (χ2v) is 9.21. The first kappa shape index (κ1) is 21.8. The third-order valence-electron chi connectivity index (χ3n) is 5.83. The first-order valence-electron chi connectivity index (χ1n) is 10.4. The van der Waals surface area contributed by atoms with Gasteiger partial charge in [0.25, 0.3) is 5.56 Å². The van der Waals surface area contributed by atoms with Gasteiger partial charge in [0.1, 0.15) is 11.4 Å². The molecule has 2 heterocycles. The summed E-state index contributed by atoms with van der Waals surface area (Å²) in [6.45, 7) is 7.93. The lowest BCUT2D eigenvalue weighted by Crippen LogP contribution is -2.41. The number of carbonyl (C=O) groups excluding carboxylic acids is 1. The van der Waals surface area contributed by atoms with Gasteiger partial charge in [-0.1, -0.05) is 36.4 Å². The van der Waals surface area contributed by atoms with Gasteiger partial charge in [-0.2, -0.15) is 0 Å². The average Bonchev–Trinajstić information content (AvgIpc) is 3.07. The fraction of sp³-hybridized carbons (Fsp3) is 0.240. The molecule has 0 fully saturated rings. The zero-order chi connectivity index (χ0) is 23.0. The average molecular weight is 448 g/mol. The number of aryl methyl sites for hydroxylation is 4. The molecule has 0 aliphatic heterocycles. The summed E-state index contributed by atoms with van der Waals surface area (Å²) >= 11 is 1.37. The van der Waals surface area contributed by atoms with E-state index in [1.165, 1.54) is 20.5 Å². The summed E-state index contributed by atoms with van der Waals surface area (Å²) in [5.74, 6) is -0.286. The van der Waals surface area contributed by atoms with Crippen molar-refractivity contribution >= 4 is 27.5 Å². The number of benzene rings is 2. The number of amides is 1. The van der Waals surface area contributed by atoms with Crippen molar-refractivity contribution in [3.05, 3.63) is 96.5 Å². The number of aromatic nitrogens is 2. The third-order valence-corrected chi connectivity index (χ3v) is 7.06. The van der Waals surface area contributed by atoms with Crippen LogP contribution in [0.15, 0.2) is 58.1 Å². The van der Waals surface area contributed by atoms with Crippen LogP contribution in [0.4, 0.5) is 0 Å². The highest BCUT2D eigenvalue weighted by Crippen LogP contribution is 2.27. The van der Waals surface area contributed by atoms with Crippen molar-refractivity contribution in [2.45, 2.75) is 40.8 Å². The molecule has 0 saturated heterocycles. The van der Waals surface area contributed by atoms with Crippen LogP contribution in [0.25, 0.3) is 15.9 Å². The zero-order valence-corrected chi connectivity index (χ0v) is 19.4. The molecule has 0 saturated carbocycles. The van der Waals surface area contributed by atoms with Crippen LogP contribution in [0.3, 0.4) is 0 Å². The molecule has 6 nitrogen and oxygen atoms in total. The minimum Gasteiger partial charge on any atom is -0.350 e. The van der Waals surface area contributed by atoms with Gasteiger partial charge in [0.05, 0.1) is 11.1 Å². The number of carbonyl (C=O) groups is 1. The maximum atomic E-state index is 13.5. The van der Waals surface area contributed by atoms with E-state index >= 15 is 0 Å². The minimum atomic E-state index is -0.512. The topological polar surface area (TPSA) is 73.1 Å². The van der Waals surface area contributed by atoms with Crippen LogP contribution in [-0.4, -0.2) is 15.0 Å². The molecule has 1 N–H and O–H groups in total. The number of hydrogen-bond donors (Lipinski definition) is 1. The summed E-state index contributed by atoms with van der Waals surface area (Å²) in [4.78, 5) is 41.1. The Hall–Kier alpha value is -3.45. The van der Waals surface area contributed by atoms with Gasteiger partial charge < -0.3 is 5.32 Å². The van der Waals surface area contributed by atoms with Crippen molar-refractivity contribution in [1.29, 1.82) is 0 Å². The summed E-state index contributed by atoms with van der Waals surface area (Å²) in [6.07, 6.45) is 0. The summed E-state index contributed by atoms with van der Waals surface area (Å²) in [5.41, 5.74) is 3.52. The standard InChI is InChI=1S/C25H25N3O3S/c1-15-10-11-20(12-16(15)2)28-23(30)22-17(3)18(4)32-24(22)27(25(28)31)14-21(29)26-13-19-8-6-5-7-9-19/h5-12H,13-14H2,1-4H3,(H,26,29). The number of thiophene rings is 1. The lowest BCUT2D eigenvalue weighted by molar-refractivity contribution is -0.121. The second kappa shape index (κ2) is 8.59. The van der Waals surface area contributed by atoms with Crippen molar-refractivity contribution in [2.75, 3.05) is 0 Å². The maximum Gasteiger partial charge on any atom is 0.337 e. The van der Waals surface area contributed by atoms with Gasteiger partial charge in [0.15, 0.2) is 0 Å². The van der Waals surface area contributed by atoms with E-state index in [0.29, 0.717) is 22.4 Å². The highest BCUT2D eigenvalue weighted by atomic mass is 32.1. The summed E-state index contributed by atoms with van der Waals surface area (Å²) < 4.78 is 2.59. The molecule has 0 atom stereocenters. The fourth-order valence-corrected chi connectivity index (χ4v) is 4.83. The Balaban J connectivity index is 1.82.